The third-order valence-electron chi connectivity index (χ3n) is 2.82. The van der Waals surface area contributed by atoms with Gasteiger partial charge in [-0.05, 0) is 32.4 Å². The number of aromatic nitrogens is 3. The normalized spacial score (nSPS) is 10.8. The molecule has 0 aliphatic rings. The number of nitrogens with zero attached hydrogens (tertiary/aromatic N) is 3. The van der Waals surface area contributed by atoms with Crippen molar-refractivity contribution in [1.29, 1.82) is 0 Å². The molecule has 0 spiro atoms. The highest BCUT2D eigenvalue weighted by Gasteiger charge is 2.10. The Morgan fingerprint density at radius 2 is 1.83 bits per heavy atom. The summed E-state index contributed by atoms with van der Waals surface area (Å²) in [7, 11) is 0. The molecule has 3 nitrogen and oxygen atoms in total. The summed E-state index contributed by atoms with van der Waals surface area (Å²) >= 11 is 1.78. The van der Waals surface area contributed by atoms with Gasteiger partial charge in [0.25, 0.3) is 0 Å². The molecule has 0 unspecified atom stereocenters. The Hall–Kier alpha value is -1.29. The minimum absolute atomic E-state index is 0.942. The summed E-state index contributed by atoms with van der Waals surface area (Å²) in [6.45, 7) is 6.30. The smallest absolute Gasteiger partial charge is 0.195 e. The number of unbranched alkanes of at least 4 members (excludes halogenated alkanes) is 1. The van der Waals surface area contributed by atoms with Gasteiger partial charge in [0.2, 0.25) is 0 Å². The molecule has 0 saturated carbocycles. The Morgan fingerprint density at radius 3 is 2.50 bits per heavy atom. The summed E-state index contributed by atoms with van der Waals surface area (Å²) in [5, 5.41) is 9.44. The highest BCUT2D eigenvalue weighted by atomic mass is 32.2. The molecule has 4 heteroatoms. The van der Waals surface area contributed by atoms with Crippen molar-refractivity contribution in [3.8, 4) is 5.69 Å². The molecule has 96 valence electrons. The van der Waals surface area contributed by atoms with Crippen LogP contribution in [-0.2, 0) is 0 Å². The molecule has 0 fully saturated rings. The Bertz CT molecular complexity index is 502. The highest BCUT2D eigenvalue weighted by Crippen LogP contribution is 2.22. The zero-order valence-electron chi connectivity index (χ0n) is 11.2. The summed E-state index contributed by atoms with van der Waals surface area (Å²) in [5.41, 5.74) is 2.41. The van der Waals surface area contributed by atoms with Gasteiger partial charge < -0.3 is 0 Å². The Balaban J connectivity index is 2.25. The standard InChI is InChI=1S/C14H19N3S/c1-4-5-10-18-14-16-15-12(3)17(14)13-8-6-11(2)7-9-13/h6-9H,4-5,10H2,1-3H3. The van der Waals surface area contributed by atoms with E-state index < -0.39 is 0 Å². The zero-order valence-corrected chi connectivity index (χ0v) is 12.0. The number of aryl methyl sites for hydroxylation is 2. The molecular formula is C14H19N3S. The minimum atomic E-state index is 0.942. The van der Waals surface area contributed by atoms with Crippen LogP contribution in [0.3, 0.4) is 0 Å². The number of hydrogen-bond acceptors (Lipinski definition) is 3. The van der Waals surface area contributed by atoms with Crippen LogP contribution in [0, 0.1) is 13.8 Å². The SMILES string of the molecule is CCCCSc1nnc(C)n1-c1ccc(C)cc1. The van der Waals surface area contributed by atoms with Gasteiger partial charge in [-0.1, -0.05) is 42.8 Å². The fourth-order valence-electron chi connectivity index (χ4n) is 1.74. The van der Waals surface area contributed by atoms with Crippen molar-refractivity contribution in [2.45, 2.75) is 38.8 Å². The van der Waals surface area contributed by atoms with Crippen molar-refractivity contribution in [3.63, 3.8) is 0 Å². The third-order valence-corrected chi connectivity index (χ3v) is 3.83. The van der Waals surface area contributed by atoms with Gasteiger partial charge in [-0.2, -0.15) is 0 Å². The molecule has 0 bridgehead atoms. The summed E-state index contributed by atoms with van der Waals surface area (Å²) in [4.78, 5) is 0. The first kappa shape index (κ1) is 13.1. The number of hydrogen-bond donors (Lipinski definition) is 0. The Labute approximate surface area is 113 Å². The maximum absolute atomic E-state index is 4.26. The molecule has 0 aliphatic carbocycles. The van der Waals surface area contributed by atoms with E-state index in [4.69, 9.17) is 0 Å². The lowest BCUT2D eigenvalue weighted by Gasteiger charge is -2.08. The highest BCUT2D eigenvalue weighted by molar-refractivity contribution is 7.99. The topological polar surface area (TPSA) is 30.7 Å². The van der Waals surface area contributed by atoms with Gasteiger partial charge in [-0.25, -0.2) is 0 Å². The van der Waals surface area contributed by atoms with Crippen molar-refractivity contribution in [3.05, 3.63) is 35.7 Å². The van der Waals surface area contributed by atoms with E-state index in [-0.39, 0.29) is 0 Å². The van der Waals surface area contributed by atoms with Crippen LogP contribution < -0.4 is 0 Å². The van der Waals surface area contributed by atoms with Gasteiger partial charge in [-0.15, -0.1) is 10.2 Å². The maximum Gasteiger partial charge on any atom is 0.195 e. The molecule has 1 aromatic heterocycles. The lowest BCUT2D eigenvalue weighted by Crippen LogP contribution is -1.99. The van der Waals surface area contributed by atoms with E-state index in [0.29, 0.717) is 0 Å². The van der Waals surface area contributed by atoms with E-state index in [2.05, 4.69) is 52.9 Å². The molecule has 0 amide bonds. The average Bonchev–Trinajstić information content (AvgIpc) is 2.72. The quantitative estimate of drug-likeness (QED) is 0.606. The molecule has 0 aliphatic heterocycles. The van der Waals surface area contributed by atoms with Crippen molar-refractivity contribution >= 4 is 11.8 Å². The number of thioether (sulfide) groups is 1. The monoisotopic (exact) mass is 261 g/mol. The molecule has 1 aromatic carbocycles. The predicted octanol–water partition coefficient (Wildman–Crippen LogP) is 3.78. The Kier molecular flexibility index (Phi) is 4.42. The first-order chi connectivity index (χ1) is 8.72. The number of rotatable bonds is 5. The van der Waals surface area contributed by atoms with Crippen LogP contribution in [0.1, 0.15) is 31.2 Å². The van der Waals surface area contributed by atoms with Crippen LogP contribution in [0.4, 0.5) is 0 Å². The van der Waals surface area contributed by atoms with Crippen LogP contribution in [-0.4, -0.2) is 20.5 Å². The summed E-state index contributed by atoms with van der Waals surface area (Å²) in [5.74, 6) is 2.04. The van der Waals surface area contributed by atoms with Crippen LogP contribution in [0.2, 0.25) is 0 Å². The summed E-state index contributed by atoms with van der Waals surface area (Å²) in [6, 6.07) is 8.48. The van der Waals surface area contributed by atoms with Gasteiger partial charge in [0.1, 0.15) is 5.82 Å². The summed E-state index contributed by atoms with van der Waals surface area (Å²) < 4.78 is 2.12. The van der Waals surface area contributed by atoms with Crippen LogP contribution in [0.5, 0.6) is 0 Å². The fourth-order valence-corrected chi connectivity index (χ4v) is 2.82. The first-order valence-corrected chi connectivity index (χ1v) is 7.32. The molecule has 0 saturated heterocycles. The molecule has 2 rings (SSSR count). The zero-order chi connectivity index (χ0) is 13.0. The average molecular weight is 261 g/mol. The molecule has 1 heterocycles. The number of benzene rings is 1. The van der Waals surface area contributed by atoms with Crippen LogP contribution in [0.25, 0.3) is 5.69 Å². The van der Waals surface area contributed by atoms with Crippen molar-refractivity contribution in [2.75, 3.05) is 5.75 Å². The van der Waals surface area contributed by atoms with E-state index >= 15 is 0 Å². The third kappa shape index (κ3) is 2.93. The van der Waals surface area contributed by atoms with Gasteiger partial charge in [0.15, 0.2) is 5.16 Å². The Morgan fingerprint density at radius 1 is 1.11 bits per heavy atom. The maximum atomic E-state index is 4.26. The fraction of sp³-hybridized carbons (Fsp3) is 0.429. The second-order valence-electron chi connectivity index (χ2n) is 4.40. The lowest BCUT2D eigenvalue weighted by atomic mass is 10.2. The minimum Gasteiger partial charge on any atom is -0.274 e. The van der Waals surface area contributed by atoms with Crippen LogP contribution >= 0.6 is 11.8 Å². The molecule has 0 atom stereocenters. The molecule has 0 radical (unpaired) electrons. The van der Waals surface area contributed by atoms with Crippen LogP contribution in [0.15, 0.2) is 29.4 Å². The lowest BCUT2D eigenvalue weighted by molar-refractivity contribution is 0.855. The van der Waals surface area contributed by atoms with Crippen molar-refractivity contribution in [1.82, 2.24) is 14.8 Å². The van der Waals surface area contributed by atoms with E-state index in [9.17, 15) is 0 Å². The second-order valence-corrected chi connectivity index (χ2v) is 5.46. The molecule has 2 aromatic rings. The first-order valence-electron chi connectivity index (χ1n) is 6.34. The van der Waals surface area contributed by atoms with Gasteiger partial charge in [0, 0.05) is 11.4 Å². The van der Waals surface area contributed by atoms with E-state index in [1.165, 1.54) is 18.4 Å². The predicted molar refractivity (Wildman–Crippen MR) is 76.5 cm³/mol. The summed E-state index contributed by atoms with van der Waals surface area (Å²) in [6.07, 6.45) is 2.43. The van der Waals surface area contributed by atoms with Gasteiger partial charge in [-0.3, -0.25) is 4.57 Å². The van der Waals surface area contributed by atoms with Gasteiger partial charge >= 0.3 is 0 Å². The molecule has 0 N–H and O–H groups in total. The van der Waals surface area contributed by atoms with Crippen molar-refractivity contribution < 1.29 is 0 Å². The second kappa shape index (κ2) is 6.05. The molecule has 18 heavy (non-hydrogen) atoms. The van der Waals surface area contributed by atoms with E-state index in [1.807, 2.05) is 6.92 Å². The van der Waals surface area contributed by atoms with E-state index in [0.717, 1.165) is 22.4 Å². The largest absolute Gasteiger partial charge is 0.274 e. The van der Waals surface area contributed by atoms with Gasteiger partial charge in [0.05, 0.1) is 0 Å². The van der Waals surface area contributed by atoms with E-state index in [1.54, 1.807) is 11.8 Å². The van der Waals surface area contributed by atoms with Crippen molar-refractivity contribution in [2.24, 2.45) is 0 Å². The molecular weight excluding hydrogens is 242 g/mol.